The van der Waals surface area contributed by atoms with Gasteiger partial charge in [0.2, 0.25) is 0 Å². The zero-order valence-electron chi connectivity index (χ0n) is 10.1. The molecule has 0 unspecified atom stereocenters. The highest BCUT2D eigenvalue weighted by Crippen LogP contribution is 2.29. The van der Waals surface area contributed by atoms with E-state index in [9.17, 15) is 9.18 Å². The summed E-state index contributed by atoms with van der Waals surface area (Å²) in [6.45, 7) is 0. The van der Waals surface area contributed by atoms with Crippen LogP contribution in [0.2, 0.25) is 5.02 Å². The number of azide groups is 1. The fraction of sp³-hybridized carbons (Fsp3) is 0.182. The van der Waals surface area contributed by atoms with Gasteiger partial charge >= 0.3 is 5.97 Å². The number of nitrogens with zero attached hydrogens (tertiary/aromatic N) is 3. The van der Waals surface area contributed by atoms with Gasteiger partial charge in [-0.05, 0) is 29.3 Å². The smallest absolute Gasteiger partial charge is 0.340 e. The lowest BCUT2D eigenvalue weighted by Gasteiger charge is -2.06. The first-order valence-corrected chi connectivity index (χ1v) is 5.30. The number of halogens is 2. The van der Waals surface area contributed by atoms with Crippen molar-refractivity contribution in [3.05, 3.63) is 44.7 Å². The Morgan fingerprint density at radius 1 is 1.53 bits per heavy atom. The van der Waals surface area contributed by atoms with Crippen LogP contribution in [0, 0.1) is 5.82 Å². The first kappa shape index (κ1) is 14.8. The third-order valence-corrected chi connectivity index (χ3v) is 2.52. The van der Waals surface area contributed by atoms with Crippen LogP contribution in [0.4, 0.5) is 4.39 Å². The first-order chi connectivity index (χ1) is 9.04. The Balaban J connectivity index is 3.33. The maximum atomic E-state index is 13.7. The van der Waals surface area contributed by atoms with Crippen LogP contribution in [0.15, 0.2) is 22.9 Å². The van der Waals surface area contributed by atoms with E-state index < -0.39 is 11.8 Å². The normalized spacial score (nSPS) is 10.6. The molecule has 1 aromatic carbocycles. The minimum absolute atomic E-state index is 0.0365. The van der Waals surface area contributed by atoms with Gasteiger partial charge in [0.1, 0.15) is 5.70 Å². The summed E-state index contributed by atoms with van der Waals surface area (Å²) in [6, 6.07) is 2.75. The average Bonchev–Trinajstić information content (AvgIpc) is 2.42. The molecule has 8 heteroatoms. The van der Waals surface area contributed by atoms with E-state index in [1.807, 2.05) is 0 Å². The van der Waals surface area contributed by atoms with Gasteiger partial charge in [0.05, 0.1) is 19.2 Å². The molecule has 0 amide bonds. The molecule has 0 aromatic heterocycles. The van der Waals surface area contributed by atoms with Crippen molar-refractivity contribution in [2.75, 3.05) is 14.2 Å². The molecule has 0 saturated carbocycles. The summed E-state index contributed by atoms with van der Waals surface area (Å²) in [5.74, 6) is -1.67. The van der Waals surface area contributed by atoms with Crippen LogP contribution in [0.25, 0.3) is 16.5 Å². The number of hydrogen-bond donors (Lipinski definition) is 0. The van der Waals surface area contributed by atoms with Crippen LogP contribution in [0.1, 0.15) is 5.56 Å². The zero-order chi connectivity index (χ0) is 14.4. The summed E-state index contributed by atoms with van der Waals surface area (Å²) in [7, 11) is 2.42. The summed E-state index contributed by atoms with van der Waals surface area (Å²) in [5.41, 5.74) is 8.17. The van der Waals surface area contributed by atoms with Crippen LogP contribution in [-0.4, -0.2) is 20.2 Å². The van der Waals surface area contributed by atoms with Crippen molar-refractivity contribution < 1.29 is 18.7 Å². The average molecular weight is 286 g/mol. The van der Waals surface area contributed by atoms with E-state index in [0.29, 0.717) is 0 Å². The van der Waals surface area contributed by atoms with Crippen LogP contribution in [0.5, 0.6) is 5.75 Å². The fourth-order valence-corrected chi connectivity index (χ4v) is 1.46. The molecule has 1 aromatic rings. The van der Waals surface area contributed by atoms with Gasteiger partial charge in [0.25, 0.3) is 0 Å². The number of benzene rings is 1. The van der Waals surface area contributed by atoms with Gasteiger partial charge in [0, 0.05) is 4.91 Å². The molecule has 19 heavy (non-hydrogen) atoms. The molecule has 100 valence electrons. The SMILES string of the molecule is COC(=O)/C(=C/c1ccc(OC)c(F)c1Cl)N=[N+]=[N-]. The molecule has 0 bridgehead atoms. The lowest BCUT2D eigenvalue weighted by atomic mass is 10.1. The van der Waals surface area contributed by atoms with Crippen molar-refractivity contribution >= 4 is 23.6 Å². The van der Waals surface area contributed by atoms with Crippen molar-refractivity contribution in [1.29, 1.82) is 0 Å². The number of carbonyl (C=O) groups excluding carboxylic acids is 1. The molecule has 0 aliphatic heterocycles. The number of hydrogen-bond acceptors (Lipinski definition) is 4. The van der Waals surface area contributed by atoms with Gasteiger partial charge in [0.15, 0.2) is 11.6 Å². The van der Waals surface area contributed by atoms with Crippen LogP contribution in [0.3, 0.4) is 0 Å². The van der Waals surface area contributed by atoms with E-state index in [1.54, 1.807) is 0 Å². The van der Waals surface area contributed by atoms with E-state index >= 15 is 0 Å². The van der Waals surface area contributed by atoms with E-state index in [1.165, 1.54) is 19.2 Å². The van der Waals surface area contributed by atoms with Crippen molar-refractivity contribution in [3.63, 3.8) is 0 Å². The Kier molecular flexibility index (Phi) is 5.17. The Bertz CT molecular complexity index is 583. The van der Waals surface area contributed by atoms with Crippen molar-refractivity contribution in [2.45, 2.75) is 0 Å². The van der Waals surface area contributed by atoms with Gasteiger partial charge in [-0.1, -0.05) is 16.7 Å². The standard InChI is InChI=1S/C11H9ClFN3O3/c1-18-8-4-3-6(9(12)10(8)13)5-7(15-16-14)11(17)19-2/h3-5H,1-2H3/b7-5-. The second-order valence-corrected chi connectivity index (χ2v) is 3.57. The molecule has 0 N–H and O–H groups in total. The summed E-state index contributed by atoms with van der Waals surface area (Å²) >= 11 is 5.78. The Labute approximate surface area is 113 Å². The topological polar surface area (TPSA) is 84.3 Å². The summed E-state index contributed by atoms with van der Waals surface area (Å²) in [4.78, 5) is 13.8. The predicted octanol–water partition coefficient (Wildman–Crippen LogP) is 3.31. The molecule has 6 nitrogen and oxygen atoms in total. The zero-order valence-corrected chi connectivity index (χ0v) is 10.8. The molecule has 0 spiro atoms. The quantitative estimate of drug-likeness (QED) is 0.280. The Morgan fingerprint density at radius 3 is 2.74 bits per heavy atom. The van der Waals surface area contributed by atoms with E-state index in [4.69, 9.17) is 21.9 Å². The summed E-state index contributed by atoms with van der Waals surface area (Å²) in [5, 5.41) is 2.90. The molecular weight excluding hydrogens is 277 g/mol. The van der Waals surface area contributed by atoms with Crippen LogP contribution < -0.4 is 4.74 Å². The maximum Gasteiger partial charge on any atom is 0.340 e. The van der Waals surface area contributed by atoms with E-state index in [-0.39, 0.29) is 22.0 Å². The molecule has 0 heterocycles. The minimum Gasteiger partial charge on any atom is -0.494 e. The highest BCUT2D eigenvalue weighted by Gasteiger charge is 2.13. The van der Waals surface area contributed by atoms with Gasteiger partial charge in [-0.15, -0.1) is 0 Å². The van der Waals surface area contributed by atoms with Gasteiger partial charge in [-0.25, -0.2) is 9.18 Å². The fourth-order valence-electron chi connectivity index (χ4n) is 1.24. The van der Waals surface area contributed by atoms with Gasteiger partial charge in [-0.2, -0.15) is 0 Å². The number of esters is 1. The number of methoxy groups -OCH3 is 2. The monoisotopic (exact) mass is 285 g/mol. The van der Waals surface area contributed by atoms with Gasteiger partial charge in [-0.3, -0.25) is 0 Å². The molecular formula is C11H9ClFN3O3. The lowest BCUT2D eigenvalue weighted by molar-refractivity contribution is -0.136. The Morgan fingerprint density at radius 2 is 2.21 bits per heavy atom. The van der Waals surface area contributed by atoms with E-state index in [0.717, 1.165) is 13.2 Å². The van der Waals surface area contributed by atoms with E-state index in [2.05, 4.69) is 14.8 Å². The molecule has 0 atom stereocenters. The number of rotatable bonds is 4. The largest absolute Gasteiger partial charge is 0.494 e. The number of ether oxygens (including phenoxy) is 2. The minimum atomic E-state index is -0.856. The molecule has 0 aliphatic rings. The van der Waals surface area contributed by atoms with Crippen LogP contribution in [-0.2, 0) is 9.53 Å². The second-order valence-electron chi connectivity index (χ2n) is 3.20. The number of carbonyl (C=O) groups is 1. The first-order valence-electron chi connectivity index (χ1n) is 4.92. The molecule has 0 aliphatic carbocycles. The van der Waals surface area contributed by atoms with Crippen molar-refractivity contribution in [1.82, 2.24) is 0 Å². The van der Waals surface area contributed by atoms with Crippen molar-refractivity contribution in [2.24, 2.45) is 5.11 Å². The van der Waals surface area contributed by atoms with Crippen LogP contribution >= 0.6 is 11.6 Å². The lowest BCUT2D eigenvalue weighted by Crippen LogP contribution is -2.02. The second kappa shape index (κ2) is 6.63. The maximum absolute atomic E-state index is 13.7. The summed E-state index contributed by atoms with van der Waals surface area (Å²) in [6.07, 6.45) is 1.12. The molecule has 1 rings (SSSR count). The highest BCUT2D eigenvalue weighted by molar-refractivity contribution is 6.32. The molecule has 0 fully saturated rings. The Hall–Kier alpha value is -2.24. The third-order valence-electron chi connectivity index (χ3n) is 2.14. The summed E-state index contributed by atoms with van der Waals surface area (Å²) < 4.78 is 22.8. The third kappa shape index (κ3) is 3.37. The van der Waals surface area contributed by atoms with Gasteiger partial charge < -0.3 is 9.47 Å². The highest BCUT2D eigenvalue weighted by atomic mass is 35.5. The predicted molar refractivity (Wildman–Crippen MR) is 67.1 cm³/mol. The molecule has 0 radical (unpaired) electrons. The molecule has 0 saturated heterocycles. The van der Waals surface area contributed by atoms with Crippen molar-refractivity contribution in [3.8, 4) is 5.75 Å².